The van der Waals surface area contributed by atoms with Crippen molar-refractivity contribution in [3.63, 3.8) is 0 Å². The van der Waals surface area contributed by atoms with E-state index in [2.05, 4.69) is 6.58 Å². The largest absolute Gasteiger partial charge is 0.472 e. The van der Waals surface area contributed by atoms with Crippen LogP contribution in [0.4, 0.5) is 0 Å². The Hall–Kier alpha value is -1.77. The van der Waals surface area contributed by atoms with Crippen LogP contribution in [0.2, 0.25) is 0 Å². The van der Waals surface area contributed by atoms with Gasteiger partial charge in [0.2, 0.25) is 0 Å². The van der Waals surface area contributed by atoms with Crippen LogP contribution in [0, 0.1) is 0 Å². The Morgan fingerprint density at radius 2 is 2.29 bits per heavy atom. The van der Waals surface area contributed by atoms with Crippen molar-refractivity contribution < 1.29 is 9.53 Å². The highest BCUT2D eigenvalue weighted by atomic mass is 16.5. The number of carbonyl (C=O) groups is 1. The third kappa shape index (κ3) is 1.37. The highest BCUT2D eigenvalue weighted by Crippen LogP contribution is 2.23. The molecule has 3 nitrogen and oxygen atoms in total. The maximum atomic E-state index is 11.8. The topological polar surface area (TPSA) is 29.5 Å². The van der Waals surface area contributed by atoms with Crippen LogP contribution in [-0.2, 0) is 0 Å². The number of nitrogens with zero attached hydrogens (tertiary/aromatic N) is 1. The zero-order valence-corrected chi connectivity index (χ0v) is 7.77. The van der Waals surface area contributed by atoms with Gasteiger partial charge in [0.15, 0.2) is 6.73 Å². The summed E-state index contributed by atoms with van der Waals surface area (Å²) in [5.41, 5.74) is 0.626. The van der Waals surface area contributed by atoms with Crippen molar-refractivity contribution in [1.29, 1.82) is 0 Å². The summed E-state index contributed by atoms with van der Waals surface area (Å²) in [6, 6.07) is 7.26. The Bertz CT molecular complexity index is 373. The number of fused-ring (bicyclic) bond motifs is 1. The molecule has 1 aliphatic rings. The summed E-state index contributed by atoms with van der Waals surface area (Å²) in [6.45, 7) is 4.42. The van der Waals surface area contributed by atoms with E-state index in [1.165, 1.54) is 0 Å². The average molecular weight is 189 g/mol. The SMILES string of the molecule is C=CCN1COc2ccccc2C1=O. The monoisotopic (exact) mass is 189 g/mol. The lowest BCUT2D eigenvalue weighted by Gasteiger charge is -2.27. The molecule has 0 unspecified atom stereocenters. The highest BCUT2D eigenvalue weighted by Gasteiger charge is 2.23. The van der Waals surface area contributed by atoms with Crippen molar-refractivity contribution in [2.75, 3.05) is 13.3 Å². The zero-order valence-electron chi connectivity index (χ0n) is 7.77. The number of hydrogen-bond acceptors (Lipinski definition) is 2. The summed E-state index contributed by atoms with van der Waals surface area (Å²) in [5, 5.41) is 0. The zero-order chi connectivity index (χ0) is 9.97. The van der Waals surface area contributed by atoms with Crippen molar-refractivity contribution in [2.24, 2.45) is 0 Å². The van der Waals surface area contributed by atoms with E-state index in [1.54, 1.807) is 23.1 Å². The molecular weight excluding hydrogens is 178 g/mol. The van der Waals surface area contributed by atoms with Crippen LogP contribution >= 0.6 is 0 Å². The van der Waals surface area contributed by atoms with Gasteiger partial charge in [-0.2, -0.15) is 0 Å². The molecule has 0 spiro atoms. The maximum Gasteiger partial charge on any atom is 0.260 e. The molecular formula is C11H11NO2. The van der Waals surface area contributed by atoms with Crippen LogP contribution in [0.15, 0.2) is 36.9 Å². The van der Waals surface area contributed by atoms with Gasteiger partial charge in [-0.25, -0.2) is 0 Å². The van der Waals surface area contributed by atoms with E-state index >= 15 is 0 Å². The standard InChI is InChI=1S/C11H11NO2/c1-2-7-12-8-14-10-6-4-3-5-9(10)11(12)13/h2-6H,1,7-8H2. The van der Waals surface area contributed by atoms with Gasteiger partial charge in [-0.3, -0.25) is 4.79 Å². The molecule has 0 aliphatic carbocycles. The first kappa shape index (κ1) is 8.81. The fourth-order valence-electron chi connectivity index (χ4n) is 1.44. The fourth-order valence-corrected chi connectivity index (χ4v) is 1.44. The summed E-state index contributed by atoms with van der Waals surface area (Å²) in [4.78, 5) is 13.4. The number of carbonyl (C=O) groups excluding carboxylic acids is 1. The lowest BCUT2D eigenvalue weighted by Crippen LogP contribution is -2.38. The van der Waals surface area contributed by atoms with E-state index in [0.29, 0.717) is 24.6 Å². The lowest BCUT2D eigenvalue weighted by atomic mass is 10.1. The van der Waals surface area contributed by atoms with Crippen LogP contribution in [-0.4, -0.2) is 24.1 Å². The fraction of sp³-hybridized carbons (Fsp3) is 0.182. The molecule has 1 aromatic carbocycles. The van der Waals surface area contributed by atoms with E-state index in [9.17, 15) is 4.79 Å². The predicted octanol–water partition coefficient (Wildman–Crippen LogP) is 1.66. The first-order valence-corrected chi connectivity index (χ1v) is 4.45. The Morgan fingerprint density at radius 1 is 1.50 bits per heavy atom. The van der Waals surface area contributed by atoms with Gasteiger partial charge in [0, 0.05) is 6.54 Å². The Morgan fingerprint density at radius 3 is 3.07 bits per heavy atom. The molecule has 1 aromatic rings. The quantitative estimate of drug-likeness (QED) is 0.662. The third-order valence-corrected chi connectivity index (χ3v) is 2.13. The minimum absolute atomic E-state index is 0.00625. The van der Waals surface area contributed by atoms with Gasteiger partial charge in [0.05, 0.1) is 5.56 Å². The normalized spacial score (nSPS) is 14.6. The molecule has 2 rings (SSSR count). The molecule has 0 saturated carbocycles. The number of para-hydroxylation sites is 1. The highest BCUT2D eigenvalue weighted by molar-refractivity contribution is 5.97. The van der Waals surface area contributed by atoms with Crippen molar-refractivity contribution >= 4 is 5.91 Å². The molecule has 1 amide bonds. The van der Waals surface area contributed by atoms with Gasteiger partial charge in [0.25, 0.3) is 5.91 Å². The second kappa shape index (κ2) is 3.54. The molecule has 0 saturated heterocycles. The van der Waals surface area contributed by atoms with E-state index in [1.807, 2.05) is 12.1 Å². The third-order valence-electron chi connectivity index (χ3n) is 2.13. The Kier molecular flexibility index (Phi) is 2.23. The number of hydrogen-bond donors (Lipinski definition) is 0. The van der Waals surface area contributed by atoms with Gasteiger partial charge in [-0.1, -0.05) is 18.2 Å². The molecule has 1 aliphatic heterocycles. The van der Waals surface area contributed by atoms with Gasteiger partial charge in [-0.05, 0) is 12.1 Å². The summed E-state index contributed by atoms with van der Waals surface area (Å²) in [5.74, 6) is 0.671. The second-order valence-electron chi connectivity index (χ2n) is 3.09. The van der Waals surface area contributed by atoms with Gasteiger partial charge < -0.3 is 9.64 Å². The molecule has 72 valence electrons. The number of ether oxygens (including phenoxy) is 1. The van der Waals surface area contributed by atoms with Crippen LogP contribution in [0.25, 0.3) is 0 Å². The maximum absolute atomic E-state index is 11.8. The molecule has 0 N–H and O–H groups in total. The van der Waals surface area contributed by atoms with E-state index in [4.69, 9.17) is 4.74 Å². The summed E-state index contributed by atoms with van der Waals surface area (Å²) in [6.07, 6.45) is 1.69. The molecule has 3 heteroatoms. The smallest absolute Gasteiger partial charge is 0.260 e. The average Bonchev–Trinajstić information content (AvgIpc) is 2.23. The van der Waals surface area contributed by atoms with Crippen molar-refractivity contribution in [2.45, 2.75) is 0 Å². The van der Waals surface area contributed by atoms with E-state index in [-0.39, 0.29) is 5.91 Å². The van der Waals surface area contributed by atoms with Crippen LogP contribution in [0.3, 0.4) is 0 Å². The first-order valence-electron chi connectivity index (χ1n) is 4.45. The van der Waals surface area contributed by atoms with Gasteiger partial charge in [-0.15, -0.1) is 6.58 Å². The first-order chi connectivity index (χ1) is 6.83. The Balaban J connectivity index is 2.31. The number of benzene rings is 1. The summed E-state index contributed by atoms with van der Waals surface area (Å²) < 4.78 is 5.42. The van der Waals surface area contributed by atoms with E-state index < -0.39 is 0 Å². The predicted molar refractivity (Wildman–Crippen MR) is 53.2 cm³/mol. The van der Waals surface area contributed by atoms with Gasteiger partial charge >= 0.3 is 0 Å². The lowest BCUT2D eigenvalue weighted by molar-refractivity contribution is 0.0556. The molecule has 1 heterocycles. The van der Waals surface area contributed by atoms with E-state index in [0.717, 1.165) is 0 Å². The summed E-state index contributed by atoms with van der Waals surface area (Å²) in [7, 11) is 0. The molecule has 0 bridgehead atoms. The van der Waals surface area contributed by atoms with Crippen LogP contribution in [0.1, 0.15) is 10.4 Å². The molecule has 0 atom stereocenters. The minimum Gasteiger partial charge on any atom is -0.472 e. The Labute approximate surface area is 82.6 Å². The summed E-state index contributed by atoms with van der Waals surface area (Å²) >= 11 is 0. The minimum atomic E-state index is 0.00625. The molecule has 0 aromatic heterocycles. The van der Waals surface area contributed by atoms with Gasteiger partial charge in [0.1, 0.15) is 5.75 Å². The van der Waals surface area contributed by atoms with Crippen LogP contribution in [0.5, 0.6) is 5.75 Å². The van der Waals surface area contributed by atoms with Crippen molar-refractivity contribution in [3.05, 3.63) is 42.5 Å². The molecule has 14 heavy (non-hydrogen) atoms. The van der Waals surface area contributed by atoms with Crippen LogP contribution < -0.4 is 4.74 Å². The molecule has 0 fully saturated rings. The number of rotatable bonds is 2. The second-order valence-corrected chi connectivity index (χ2v) is 3.09. The van der Waals surface area contributed by atoms with Crippen molar-refractivity contribution in [1.82, 2.24) is 4.90 Å². The molecule has 0 radical (unpaired) electrons. The van der Waals surface area contributed by atoms with Crippen molar-refractivity contribution in [3.8, 4) is 5.75 Å². The number of amides is 1.